The Bertz CT molecular complexity index is 463. The maximum atomic E-state index is 11.0. The monoisotopic (exact) mass is 307 g/mol. The highest BCUT2D eigenvalue weighted by molar-refractivity contribution is 5.87. The Kier molecular flexibility index (Phi) is 8.09. The second-order valence-corrected chi connectivity index (χ2v) is 6.20. The van der Waals surface area contributed by atoms with Gasteiger partial charge < -0.3 is 19.8 Å². The SMILES string of the molecule is CN(C)CCN(C)CCCN(C)Cc1cccc(C(=O)O)c1. The highest BCUT2D eigenvalue weighted by Gasteiger charge is 2.06. The normalized spacial score (nSPS) is 11.6. The van der Waals surface area contributed by atoms with Gasteiger partial charge in [0.2, 0.25) is 0 Å². The Labute approximate surface area is 134 Å². The van der Waals surface area contributed by atoms with Crippen molar-refractivity contribution in [1.29, 1.82) is 0 Å². The van der Waals surface area contributed by atoms with Crippen molar-refractivity contribution < 1.29 is 9.90 Å². The molecule has 0 atom stereocenters. The van der Waals surface area contributed by atoms with Gasteiger partial charge in [0.05, 0.1) is 5.56 Å². The van der Waals surface area contributed by atoms with E-state index in [1.165, 1.54) is 0 Å². The van der Waals surface area contributed by atoms with Crippen molar-refractivity contribution in [2.45, 2.75) is 13.0 Å². The minimum absolute atomic E-state index is 0.356. The highest BCUT2D eigenvalue weighted by Crippen LogP contribution is 2.08. The molecule has 0 aliphatic rings. The first kappa shape index (κ1) is 18.6. The van der Waals surface area contributed by atoms with Gasteiger partial charge in [0.1, 0.15) is 0 Å². The lowest BCUT2D eigenvalue weighted by Crippen LogP contribution is -2.31. The Morgan fingerprint density at radius 1 is 1.00 bits per heavy atom. The summed E-state index contributed by atoms with van der Waals surface area (Å²) in [7, 11) is 8.41. The number of likely N-dealkylation sites (N-methyl/N-ethyl adjacent to an activating group) is 2. The first-order valence-corrected chi connectivity index (χ1v) is 7.72. The molecule has 0 radical (unpaired) electrons. The first-order valence-electron chi connectivity index (χ1n) is 7.72. The zero-order valence-corrected chi connectivity index (χ0v) is 14.2. The fourth-order valence-corrected chi connectivity index (χ4v) is 2.29. The van der Waals surface area contributed by atoms with E-state index in [0.29, 0.717) is 5.56 Å². The molecule has 0 aromatic heterocycles. The van der Waals surface area contributed by atoms with Crippen LogP contribution in [0.3, 0.4) is 0 Å². The topological polar surface area (TPSA) is 47.0 Å². The van der Waals surface area contributed by atoms with Gasteiger partial charge in [-0.05, 0) is 65.4 Å². The van der Waals surface area contributed by atoms with Crippen LogP contribution >= 0.6 is 0 Å². The minimum Gasteiger partial charge on any atom is -0.478 e. The lowest BCUT2D eigenvalue weighted by molar-refractivity contribution is 0.0696. The fraction of sp³-hybridized carbons (Fsp3) is 0.588. The molecular formula is C17H29N3O2. The van der Waals surface area contributed by atoms with Crippen molar-refractivity contribution in [3.8, 4) is 0 Å². The summed E-state index contributed by atoms with van der Waals surface area (Å²) in [6.07, 6.45) is 1.11. The summed E-state index contributed by atoms with van der Waals surface area (Å²) in [6.45, 7) is 5.02. The molecule has 124 valence electrons. The molecule has 5 heteroatoms. The molecule has 0 amide bonds. The summed E-state index contributed by atoms with van der Waals surface area (Å²) in [5.74, 6) is -0.868. The zero-order valence-electron chi connectivity index (χ0n) is 14.2. The van der Waals surface area contributed by atoms with E-state index in [1.807, 2.05) is 12.1 Å². The lowest BCUT2D eigenvalue weighted by Gasteiger charge is -2.21. The van der Waals surface area contributed by atoms with E-state index < -0.39 is 5.97 Å². The summed E-state index contributed by atoms with van der Waals surface area (Å²) in [5.41, 5.74) is 1.40. The predicted molar refractivity (Wildman–Crippen MR) is 90.4 cm³/mol. The van der Waals surface area contributed by atoms with E-state index in [4.69, 9.17) is 5.11 Å². The van der Waals surface area contributed by atoms with E-state index in [1.54, 1.807) is 12.1 Å². The Morgan fingerprint density at radius 2 is 1.68 bits per heavy atom. The smallest absolute Gasteiger partial charge is 0.335 e. The summed E-state index contributed by atoms with van der Waals surface area (Å²) >= 11 is 0. The Balaban J connectivity index is 2.30. The van der Waals surface area contributed by atoms with Gasteiger partial charge in [-0.15, -0.1) is 0 Å². The van der Waals surface area contributed by atoms with Crippen LogP contribution in [0.4, 0.5) is 0 Å². The van der Waals surface area contributed by atoms with Gasteiger partial charge in [-0.1, -0.05) is 12.1 Å². The molecule has 0 aliphatic carbocycles. The van der Waals surface area contributed by atoms with Crippen LogP contribution in [0.2, 0.25) is 0 Å². The van der Waals surface area contributed by atoms with Crippen LogP contribution in [0.1, 0.15) is 22.3 Å². The van der Waals surface area contributed by atoms with Crippen molar-refractivity contribution in [2.24, 2.45) is 0 Å². The number of aromatic carboxylic acids is 1. The summed E-state index contributed by atoms with van der Waals surface area (Å²) in [4.78, 5) is 17.7. The Morgan fingerprint density at radius 3 is 2.32 bits per heavy atom. The maximum Gasteiger partial charge on any atom is 0.335 e. The number of benzene rings is 1. The van der Waals surface area contributed by atoms with E-state index >= 15 is 0 Å². The third-order valence-electron chi connectivity index (χ3n) is 3.64. The van der Waals surface area contributed by atoms with Gasteiger partial charge in [-0.3, -0.25) is 0 Å². The molecule has 1 N–H and O–H groups in total. The number of rotatable bonds is 10. The quantitative estimate of drug-likeness (QED) is 0.713. The van der Waals surface area contributed by atoms with Crippen LogP contribution in [0.5, 0.6) is 0 Å². The molecule has 0 fully saturated rings. The molecular weight excluding hydrogens is 278 g/mol. The molecule has 22 heavy (non-hydrogen) atoms. The van der Waals surface area contributed by atoms with Crippen molar-refractivity contribution in [1.82, 2.24) is 14.7 Å². The lowest BCUT2D eigenvalue weighted by atomic mass is 10.1. The van der Waals surface area contributed by atoms with E-state index in [-0.39, 0.29) is 0 Å². The zero-order chi connectivity index (χ0) is 16.5. The van der Waals surface area contributed by atoms with Gasteiger partial charge in [0, 0.05) is 19.6 Å². The van der Waals surface area contributed by atoms with Crippen molar-refractivity contribution in [2.75, 3.05) is 54.4 Å². The molecule has 5 nitrogen and oxygen atoms in total. The Hall–Kier alpha value is -1.43. The molecule has 0 heterocycles. The summed E-state index contributed by atoms with van der Waals surface area (Å²) in [6, 6.07) is 7.17. The molecule has 1 rings (SSSR count). The van der Waals surface area contributed by atoms with Gasteiger partial charge in [0.25, 0.3) is 0 Å². The van der Waals surface area contributed by atoms with Crippen molar-refractivity contribution >= 4 is 5.97 Å². The first-order chi connectivity index (χ1) is 10.4. The standard InChI is InChI=1S/C17H29N3O2/c1-18(2)11-12-19(3)9-6-10-20(4)14-15-7-5-8-16(13-15)17(21)22/h5,7-8,13H,6,9-12,14H2,1-4H3,(H,21,22). The summed E-state index contributed by atoms with van der Waals surface area (Å²) in [5, 5.41) is 9.01. The van der Waals surface area contributed by atoms with Gasteiger partial charge in [-0.2, -0.15) is 0 Å². The second kappa shape index (κ2) is 9.56. The average molecular weight is 307 g/mol. The molecule has 0 bridgehead atoms. The van der Waals surface area contributed by atoms with Crippen LogP contribution in [0.15, 0.2) is 24.3 Å². The predicted octanol–water partition coefficient (Wildman–Crippen LogP) is 1.70. The number of hydrogen-bond donors (Lipinski definition) is 1. The fourth-order valence-electron chi connectivity index (χ4n) is 2.29. The van der Waals surface area contributed by atoms with E-state index in [2.05, 4.69) is 42.9 Å². The third kappa shape index (κ3) is 7.54. The van der Waals surface area contributed by atoms with E-state index in [0.717, 1.165) is 44.7 Å². The molecule has 1 aromatic carbocycles. The minimum atomic E-state index is -0.868. The van der Waals surface area contributed by atoms with Gasteiger partial charge >= 0.3 is 5.97 Å². The number of nitrogens with zero attached hydrogens (tertiary/aromatic N) is 3. The molecule has 0 unspecified atom stereocenters. The van der Waals surface area contributed by atoms with Crippen molar-refractivity contribution in [3.05, 3.63) is 35.4 Å². The van der Waals surface area contributed by atoms with Crippen LogP contribution in [-0.4, -0.2) is 80.1 Å². The molecule has 0 aliphatic heterocycles. The van der Waals surface area contributed by atoms with Crippen LogP contribution in [0.25, 0.3) is 0 Å². The molecule has 0 spiro atoms. The number of hydrogen-bond acceptors (Lipinski definition) is 4. The number of carboxylic acid groups (broad SMARTS) is 1. The molecule has 0 saturated carbocycles. The summed E-state index contributed by atoms with van der Waals surface area (Å²) < 4.78 is 0. The average Bonchev–Trinajstić information content (AvgIpc) is 2.45. The van der Waals surface area contributed by atoms with Crippen molar-refractivity contribution in [3.63, 3.8) is 0 Å². The second-order valence-electron chi connectivity index (χ2n) is 6.20. The molecule has 0 saturated heterocycles. The number of carbonyl (C=O) groups is 1. The number of carboxylic acids is 1. The highest BCUT2D eigenvalue weighted by atomic mass is 16.4. The van der Waals surface area contributed by atoms with E-state index in [9.17, 15) is 4.79 Å². The van der Waals surface area contributed by atoms with Crippen LogP contribution < -0.4 is 0 Å². The third-order valence-corrected chi connectivity index (χ3v) is 3.64. The van der Waals surface area contributed by atoms with Gasteiger partial charge in [0.15, 0.2) is 0 Å². The van der Waals surface area contributed by atoms with Crippen LogP contribution in [-0.2, 0) is 6.54 Å². The molecule has 1 aromatic rings. The largest absolute Gasteiger partial charge is 0.478 e. The maximum absolute atomic E-state index is 11.0. The van der Waals surface area contributed by atoms with Crippen LogP contribution in [0, 0.1) is 0 Å². The van der Waals surface area contributed by atoms with Gasteiger partial charge in [-0.25, -0.2) is 4.79 Å².